The SMILES string of the molecule is CC(C)OC(=O)C(C)CCO[P@]1(=O)OC[C@H]2O[C@@H](n3ccc(=O)[nH]c3=O)C(C)(C)[C@@H]2O1. The molecule has 5 atom stereocenters. The fourth-order valence-corrected chi connectivity index (χ4v) is 5.15. The monoisotopic (exact) mass is 460 g/mol. The van der Waals surface area contributed by atoms with Gasteiger partial charge in [0.25, 0.3) is 5.56 Å². The van der Waals surface area contributed by atoms with Gasteiger partial charge in [-0.25, -0.2) is 9.36 Å². The van der Waals surface area contributed by atoms with Gasteiger partial charge in [-0.15, -0.1) is 0 Å². The molecule has 3 rings (SSSR count). The highest BCUT2D eigenvalue weighted by Crippen LogP contribution is 2.60. The number of ether oxygens (including phenoxy) is 2. The minimum atomic E-state index is -3.89. The van der Waals surface area contributed by atoms with Crippen LogP contribution in [0.15, 0.2) is 21.9 Å². The van der Waals surface area contributed by atoms with E-state index in [1.165, 1.54) is 16.8 Å². The van der Waals surface area contributed by atoms with E-state index in [1.54, 1.807) is 34.6 Å². The summed E-state index contributed by atoms with van der Waals surface area (Å²) in [5.41, 5.74) is -1.92. The van der Waals surface area contributed by atoms with Gasteiger partial charge in [0.05, 0.1) is 25.2 Å². The highest BCUT2D eigenvalue weighted by Gasteiger charge is 2.58. The summed E-state index contributed by atoms with van der Waals surface area (Å²) in [5.74, 6) is -0.795. The lowest BCUT2D eigenvalue weighted by Gasteiger charge is -2.36. The smallest absolute Gasteiger partial charge is 0.463 e. The highest BCUT2D eigenvalue weighted by atomic mass is 31.2. The lowest BCUT2D eigenvalue weighted by Crippen LogP contribution is -2.42. The van der Waals surface area contributed by atoms with Crippen LogP contribution < -0.4 is 11.2 Å². The number of hydrogen-bond donors (Lipinski definition) is 1. The van der Waals surface area contributed by atoms with Crippen molar-refractivity contribution in [1.29, 1.82) is 0 Å². The zero-order valence-electron chi connectivity index (χ0n) is 18.2. The third-order valence-corrected chi connectivity index (χ3v) is 6.76. The van der Waals surface area contributed by atoms with E-state index < -0.39 is 48.8 Å². The molecule has 1 aromatic heterocycles. The predicted octanol–water partition coefficient (Wildman–Crippen LogP) is 1.98. The maximum Gasteiger partial charge on any atom is 0.475 e. The van der Waals surface area contributed by atoms with E-state index in [2.05, 4.69) is 4.98 Å². The summed E-state index contributed by atoms with van der Waals surface area (Å²) >= 11 is 0. The Morgan fingerprint density at radius 3 is 2.71 bits per heavy atom. The van der Waals surface area contributed by atoms with Gasteiger partial charge >= 0.3 is 19.5 Å². The van der Waals surface area contributed by atoms with Crippen molar-refractivity contribution in [3.05, 3.63) is 33.1 Å². The number of phosphoric acid groups is 1. The van der Waals surface area contributed by atoms with Crippen molar-refractivity contribution in [2.24, 2.45) is 11.3 Å². The van der Waals surface area contributed by atoms with Crippen LogP contribution in [0, 0.1) is 11.3 Å². The Bertz CT molecular complexity index is 970. The molecule has 174 valence electrons. The number of aromatic amines is 1. The fraction of sp³-hybridized carbons (Fsp3) is 0.737. The second-order valence-corrected chi connectivity index (χ2v) is 10.3. The van der Waals surface area contributed by atoms with Crippen LogP contribution in [0.5, 0.6) is 0 Å². The summed E-state index contributed by atoms with van der Waals surface area (Å²) < 4.78 is 41.8. The molecule has 0 radical (unpaired) electrons. The van der Waals surface area contributed by atoms with Gasteiger partial charge in [-0.3, -0.25) is 32.7 Å². The average molecular weight is 460 g/mol. The first kappa shape index (κ1) is 23.9. The zero-order chi connectivity index (χ0) is 23.0. The second-order valence-electron chi connectivity index (χ2n) is 8.64. The van der Waals surface area contributed by atoms with E-state index in [-0.39, 0.29) is 31.7 Å². The Kier molecular flexibility index (Phi) is 6.93. The first-order chi connectivity index (χ1) is 14.4. The molecule has 11 nitrogen and oxygen atoms in total. The lowest BCUT2D eigenvalue weighted by atomic mass is 9.84. The summed E-state index contributed by atoms with van der Waals surface area (Å²) in [6.45, 7) is 8.76. The Morgan fingerprint density at radius 1 is 1.35 bits per heavy atom. The number of nitrogens with one attached hydrogen (secondary N) is 1. The molecule has 2 aliphatic rings. The van der Waals surface area contributed by atoms with Crippen LogP contribution >= 0.6 is 7.82 Å². The molecule has 0 saturated carbocycles. The summed E-state index contributed by atoms with van der Waals surface area (Å²) in [6, 6.07) is 1.22. The van der Waals surface area contributed by atoms with E-state index in [1.807, 2.05) is 0 Å². The number of esters is 1. The van der Waals surface area contributed by atoms with Crippen LogP contribution in [0.25, 0.3) is 0 Å². The summed E-state index contributed by atoms with van der Waals surface area (Å²) in [4.78, 5) is 37.7. The number of H-pyrrole nitrogens is 1. The molecule has 0 aliphatic carbocycles. The van der Waals surface area contributed by atoms with Crippen molar-refractivity contribution in [2.45, 2.75) is 65.6 Å². The molecule has 3 heterocycles. The largest absolute Gasteiger partial charge is 0.475 e. The van der Waals surface area contributed by atoms with Gasteiger partial charge < -0.3 is 9.47 Å². The second kappa shape index (κ2) is 8.99. The predicted molar refractivity (Wildman–Crippen MR) is 108 cm³/mol. The maximum absolute atomic E-state index is 13.0. The molecular weight excluding hydrogens is 431 g/mol. The van der Waals surface area contributed by atoms with Crippen LogP contribution in [0.3, 0.4) is 0 Å². The van der Waals surface area contributed by atoms with Crippen molar-refractivity contribution in [3.63, 3.8) is 0 Å². The molecule has 1 N–H and O–H groups in total. The van der Waals surface area contributed by atoms with Crippen molar-refractivity contribution in [3.8, 4) is 0 Å². The highest BCUT2D eigenvalue weighted by molar-refractivity contribution is 7.48. The molecule has 0 spiro atoms. The number of carbonyl (C=O) groups is 1. The third-order valence-electron chi connectivity index (χ3n) is 5.31. The van der Waals surface area contributed by atoms with Crippen molar-refractivity contribution < 1.29 is 32.4 Å². The van der Waals surface area contributed by atoms with Crippen molar-refractivity contribution in [2.75, 3.05) is 13.2 Å². The van der Waals surface area contributed by atoms with Crippen molar-refractivity contribution in [1.82, 2.24) is 9.55 Å². The van der Waals surface area contributed by atoms with Crippen molar-refractivity contribution >= 4 is 13.8 Å². The van der Waals surface area contributed by atoms with Crippen LogP contribution in [-0.4, -0.2) is 47.0 Å². The topological polar surface area (TPSA) is 135 Å². The van der Waals surface area contributed by atoms with Gasteiger partial charge in [0.1, 0.15) is 18.4 Å². The average Bonchev–Trinajstić information content (AvgIpc) is 2.91. The first-order valence-corrected chi connectivity index (χ1v) is 11.6. The Labute approximate surface area is 179 Å². The first-order valence-electron chi connectivity index (χ1n) is 10.2. The van der Waals surface area contributed by atoms with Crippen LogP contribution in [0.4, 0.5) is 0 Å². The Hall–Kier alpha value is -1.78. The number of fused-ring (bicyclic) bond motifs is 1. The minimum absolute atomic E-state index is 0.0207. The standard InChI is InChI=1S/C19H29N2O9P/c1-11(2)28-16(23)12(3)7-9-26-31(25)27-10-13-15(30-31)19(4,5)17(29-13)21-8-6-14(22)20-18(21)24/h6,8,11-13,15,17H,7,9-10H2,1-5H3,(H,20,22,24)/t12?,13-,15-,17-,31-/m1/s1. The summed E-state index contributed by atoms with van der Waals surface area (Å²) in [7, 11) is -3.89. The Morgan fingerprint density at radius 2 is 2.06 bits per heavy atom. The molecule has 0 aromatic carbocycles. The van der Waals surface area contributed by atoms with E-state index in [0.717, 1.165) is 0 Å². The minimum Gasteiger partial charge on any atom is -0.463 e. The normalized spacial score (nSPS) is 30.7. The van der Waals surface area contributed by atoms with Gasteiger partial charge in [0.15, 0.2) is 0 Å². The van der Waals surface area contributed by atoms with E-state index in [0.29, 0.717) is 0 Å². The fourth-order valence-electron chi connectivity index (χ4n) is 3.61. The van der Waals surface area contributed by atoms with Gasteiger partial charge in [0.2, 0.25) is 0 Å². The molecule has 2 aliphatic heterocycles. The molecule has 0 amide bonds. The van der Waals surface area contributed by atoms with E-state index in [9.17, 15) is 18.9 Å². The molecule has 1 unspecified atom stereocenters. The summed E-state index contributed by atoms with van der Waals surface area (Å²) in [6.07, 6.45) is -0.620. The number of nitrogens with zero attached hydrogens (tertiary/aromatic N) is 1. The number of phosphoric ester groups is 1. The molecular formula is C19H29N2O9P. The molecule has 0 bridgehead atoms. The molecule has 2 saturated heterocycles. The zero-order valence-corrected chi connectivity index (χ0v) is 19.1. The van der Waals surface area contributed by atoms with Gasteiger partial charge in [-0.1, -0.05) is 20.8 Å². The number of carbonyl (C=O) groups excluding carboxylic acids is 1. The quantitative estimate of drug-likeness (QED) is 0.478. The summed E-state index contributed by atoms with van der Waals surface area (Å²) in [5, 5.41) is 0. The number of hydrogen-bond acceptors (Lipinski definition) is 9. The van der Waals surface area contributed by atoms with Gasteiger partial charge in [0, 0.05) is 17.7 Å². The van der Waals surface area contributed by atoms with Gasteiger partial charge in [-0.2, -0.15) is 0 Å². The Balaban J connectivity index is 1.65. The van der Waals surface area contributed by atoms with Crippen LogP contribution in [-0.2, 0) is 32.4 Å². The maximum atomic E-state index is 13.0. The van der Waals surface area contributed by atoms with Crippen LogP contribution in [0.2, 0.25) is 0 Å². The molecule has 12 heteroatoms. The number of rotatable bonds is 7. The third kappa shape index (κ3) is 5.18. The molecule has 31 heavy (non-hydrogen) atoms. The van der Waals surface area contributed by atoms with Crippen LogP contribution in [0.1, 0.15) is 47.3 Å². The molecule has 1 aromatic rings. The molecule has 2 fully saturated rings. The lowest BCUT2D eigenvalue weighted by molar-refractivity contribution is -0.152. The van der Waals surface area contributed by atoms with E-state index in [4.69, 9.17) is 23.0 Å². The van der Waals surface area contributed by atoms with E-state index >= 15 is 0 Å². The number of aromatic nitrogens is 2. The van der Waals surface area contributed by atoms with Gasteiger partial charge in [-0.05, 0) is 20.3 Å².